The third kappa shape index (κ3) is 3.18. The van der Waals surface area contributed by atoms with E-state index in [0.717, 1.165) is 24.1 Å². The highest BCUT2D eigenvalue weighted by Crippen LogP contribution is 2.29. The fourth-order valence-corrected chi connectivity index (χ4v) is 3.46. The van der Waals surface area contributed by atoms with Gasteiger partial charge < -0.3 is 15.2 Å². The van der Waals surface area contributed by atoms with E-state index < -0.39 is 10.5 Å². The normalized spacial score (nSPS) is 13.2. The monoisotopic (exact) mass is 379 g/mol. The lowest BCUT2D eigenvalue weighted by Gasteiger charge is -2.29. The Labute approximate surface area is 159 Å². The molecule has 1 aliphatic heterocycles. The van der Waals surface area contributed by atoms with Crippen molar-refractivity contribution in [2.45, 2.75) is 12.8 Å². The highest BCUT2D eigenvalue weighted by molar-refractivity contribution is 5.98. The molecule has 3 aromatic rings. The highest BCUT2D eigenvalue weighted by Gasteiger charge is 2.23. The molecule has 28 heavy (non-hydrogen) atoms. The van der Waals surface area contributed by atoms with Gasteiger partial charge >= 0.3 is 0 Å². The number of nitrogens with one attached hydrogen (secondary N) is 2. The number of nitrogens with zero attached hydrogens (tertiary/aromatic N) is 3. The van der Waals surface area contributed by atoms with E-state index in [2.05, 4.69) is 15.3 Å². The number of hydrogen-bond donors (Lipinski definition) is 2. The number of aromatic amines is 1. The van der Waals surface area contributed by atoms with Gasteiger partial charge in [-0.05, 0) is 30.5 Å². The van der Waals surface area contributed by atoms with E-state index in [0.29, 0.717) is 12.1 Å². The zero-order valence-corrected chi connectivity index (χ0v) is 14.8. The minimum atomic E-state index is -0.588. The van der Waals surface area contributed by atoms with Crippen molar-refractivity contribution >= 4 is 33.9 Å². The number of anilines is 2. The van der Waals surface area contributed by atoms with Gasteiger partial charge in [-0.25, -0.2) is 4.98 Å². The largest absolute Gasteiger partial charge is 0.370 e. The molecule has 1 aliphatic rings. The number of H-pyrrole nitrogens is 1. The summed E-state index contributed by atoms with van der Waals surface area (Å²) in [4.78, 5) is 43.6. The predicted molar refractivity (Wildman–Crippen MR) is 105 cm³/mol. The van der Waals surface area contributed by atoms with Crippen molar-refractivity contribution in [3.8, 4) is 0 Å². The third-order valence-electron chi connectivity index (χ3n) is 4.80. The molecule has 2 N–H and O–H groups in total. The van der Waals surface area contributed by atoms with Crippen molar-refractivity contribution in [1.29, 1.82) is 0 Å². The number of aryl methyl sites for hydroxylation is 1. The van der Waals surface area contributed by atoms with Gasteiger partial charge in [0.15, 0.2) is 0 Å². The van der Waals surface area contributed by atoms with Crippen LogP contribution in [0.3, 0.4) is 0 Å². The Balaban J connectivity index is 1.61. The number of nitro benzene ring substituents is 1. The molecule has 2 heterocycles. The Hall–Kier alpha value is -3.75. The molecule has 0 saturated heterocycles. The minimum Gasteiger partial charge on any atom is -0.370 e. The van der Waals surface area contributed by atoms with Crippen molar-refractivity contribution in [2.24, 2.45) is 0 Å². The first-order valence-electron chi connectivity index (χ1n) is 8.82. The molecule has 0 fully saturated rings. The summed E-state index contributed by atoms with van der Waals surface area (Å²) in [6, 6.07) is 10.3. The molecule has 9 heteroatoms. The summed E-state index contributed by atoms with van der Waals surface area (Å²) in [7, 11) is 0. The average Bonchev–Trinajstić information content (AvgIpc) is 2.71. The molecule has 1 aromatic heterocycles. The summed E-state index contributed by atoms with van der Waals surface area (Å²) in [5.74, 6) is -0.180. The fourth-order valence-electron chi connectivity index (χ4n) is 3.46. The van der Waals surface area contributed by atoms with Crippen molar-refractivity contribution in [3.05, 3.63) is 68.8 Å². The van der Waals surface area contributed by atoms with E-state index in [-0.39, 0.29) is 29.2 Å². The standard InChI is InChI=1S/C19H17N5O4/c25-18(23-7-3-5-12-4-1-2-6-16(12)23)10-20-15-9-14-13(8-17(15)24(27)28)19(26)22-11-21-14/h1-2,4,6,8-9,11,20H,3,5,7,10H2,(H,21,22,26). The van der Waals surface area contributed by atoms with E-state index in [4.69, 9.17) is 0 Å². The number of nitro groups is 1. The lowest BCUT2D eigenvalue weighted by molar-refractivity contribution is -0.383. The fraction of sp³-hybridized carbons (Fsp3) is 0.211. The highest BCUT2D eigenvalue weighted by atomic mass is 16.6. The number of carbonyl (C=O) groups excluding carboxylic acids is 1. The molecule has 0 saturated carbocycles. The first-order valence-corrected chi connectivity index (χ1v) is 8.82. The quantitative estimate of drug-likeness (QED) is 0.530. The lowest BCUT2D eigenvalue weighted by atomic mass is 10.0. The molecule has 0 atom stereocenters. The molecule has 142 valence electrons. The lowest BCUT2D eigenvalue weighted by Crippen LogP contribution is -2.39. The van der Waals surface area contributed by atoms with Crippen LogP contribution in [0.15, 0.2) is 47.5 Å². The topological polar surface area (TPSA) is 121 Å². The van der Waals surface area contributed by atoms with Crippen LogP contribution >= 0.6 is 0 Å². The number of para-hydroxylation sites is 1. The zero-order chi connectivity index (χ0) is 19.7. The smallest absolute Gasteiger partial charge is 0.293 e. The van der Waals surface area contributed by atoms with E-state index >= 15 is 0 Å². The van der Waals surface area contributed by atoms with Crippen LogP contribution in [0.4, 0.5) is 17.1 Å². The van der Waals surface area contributed by atoms with Crippen molar-refractivity contribution in [1.82, 2.24) is 9.97 Å². The summed E-state index contributed by atoms with van der Waals surface area (Å²) >= 11 is 0. The van der Waals surface area contributed by atoms with E-state index in [1.165, 1.54) is 18.5 Å². The Morgan fingerprint density at radius 2 is 2.14 bits per heavy atom. The van der Waals surface area contributed by atoms with Crippen molar-refractivity contribution in [2.75, 3.05) is 23.3 Å². The van der Waals surface area contributed by atoms with Gasteiger partial charge in [-0.2, -0.15) is 0 Å². The van der Waals surface area contributed by atoms with E-state index in [1.807, 2.05) is 24.3 Å². The molecular weight excluding hydrogens is 362 g/mol. The molecular formula is C19H17N5O4. The molecule has 0 radical (unpaired) electrons. The first-order chi connectivity index (χ1) is 13.5. The van der Waals surface area contributed by atoms with Gasteiger partial charge in [-0.1, -0.05) is 18.2 Å². The number of benzene rings is 2. The number of aromatic nitrogens is 2. The number of rotatable bonds is 4. The van der Waals surface area contributed by atoms with E-state index in [1.54, 1.807) is 4.90 Å². The second-order valence-corrected chi connectivity index (χ2v) is 6.51. The van der Waals surface area contributed by atoms with Gasteiger partial charge in [-0.3, -0.25) is 19.7 Å². The molecule has 9 nitrogen and oxygen atoms in total. The number of fused-ring (bicyclic) bond motifs is 2. The zero-order valence-electron chi connectivity index (χ0n) is 14.8. The van der Waals surface area contributed by atoms with Crippen LogP contribution in [-0.4, -0.2) is 33.9 Å². The molecule has 0 bridgehead atoms. The molecule has 0 unspecified atom stereocenters. The first kappa shape index (κ1) is 17.7. The summed E-state index contributed by atoms with van der Waals surface area (Å²) in [5.41, 5.74) is 1.71. The van der Waals surface area contributed by atoms with Crippen molar-refractivity contribution in [3.63, 3.8) is 0 Å². The molecule has 2 aromatic carbocycles. The summed E-state index contributed by atoms with van der Waals surface area (Å²) in [5, 5.41) is 14.4. The maximum absolute atomic E-state index is 12.8. The second-order valence-electron chi connectivity index (χ2n) is 6.51. The molecule has 4 rings (SSSR count). The van der Waals surface area contributed by atoms with Crippen LogP contribution in [0.1, 0.15) is 12.0 Å². The van der Waals surface area contributed by atoms with Gasteiger partial charge in [0.1, 0.15) is 5.69 Å². The Morgan fingerprint density at radius 1 is 1.32 bits per heavy atom. The summed E-state index contributed by atoms with van der Waals surface area (Å²) in [6.07, 6.45) is 3.02. The van der Waals surface area contributed by atoms with Gasteiger partial charge in [0.2, 0.25) is 5.91 Å². The Morgan fingerprint density at radius 3 is 2.96 bits per heavy atom. The maximum atomic E-state index is 12.8. The number of amides is 1. The maximum Gasteiger partial charge on any atom is 0.293 e. The number of hydrogen-bond acceptors (Lipinski definition) is 6. The van der Waals surface area contributed by atoms with Crippen LogP contribution in [0.2, 0.25) is 0 Å². The third-order valence-corrected chi connectivity index (χ3v) is 4.80. The van der Waals surface area contributed by atoms with Crippen LogP contribution < -0.4 is 15.8 Å². The van der Waals surface area contributed by atoms with Crippen LogP contribution in [0, 0.1) is 10.1 Å². The number of carbonyl (C=O) groups is 1. The summed E-state index contributed by atoms with van der Waals surface area (Å²) in [6.45, 7) is 0.498. The van der Waals surface area contributed by atoms with Crippen LogP contribution in [0.5, 0.6) is 0 Å². The van der Waals surface area contributed by atoms with Crippen molar-refractivity contribution < 1.29 is 9.72 Å². The predicted octanol–water partition coefficient (Wildman–Crippen LogP) is 2.22. The van der Waals surface area contributed by atoms with Crippen LogP contribution in [-0.2, 0) is 11.2 Å². The molecule has 0 aliphatic carbocycles. The molecule has 0 spiro atoms. The Kier molecular flexibility index (Phi) is 4.48. The average molecular weight is 379 g/mol. The summed E-state index contributed by atoms with van der Waals surface area (Å²) < 4.78 is 0. The minimum absolute atomic E-state index is 0.107. The second kappa shape index (κ2) is 7.10. The Bertz CT molecular complexity index is 1140. The van der Waals surface area contributed by atoms with Gasteiger partial charge in [-0.15, -0.1) is 0 Å². The SMILES string of the molecule is O=C(CNc1cc2nc[nH]c(=O)c2cc1[N+](=O)[O-])N1CCCc2ccccc21. The van der Waals surface area contributed by atoms with Crippen LogP contribution in [0.25, 0.3) is 10.9 Å². The van der Waals surface area contributed by atoms with E-state index in [9.17, 15) is 19.7 Å². The molecule has 1 amide bonds. The van der Waals surface area contributed by atoms with Gasteiger partial charge in [0.05, 0.1) is 28.7 Å². The van der Waals surface area contributed by atoms with Gasteiger partial charge in [0.25, 0.3) is 11.2 Å². The van der Waals surface area contributed by atoms with Gasteiger partial charge in [0, 0.05) is 18.3 Å².